The van der Waals surface area contributed by atoms with Crippen molar-refractivity contribution in [3.63, 3.8) is 0 Å². The molecule has 0 aromatic rings. The Labute approximate surface area is 63.6 Å². The Balaban J connectivity index is 2.15. The second kappa shape index (κ2) is 4.32. The summed E-state index contributed by atoms with van der Waals surface area (Å²) in [6.45, 7) is 3.73. The normalized spacial score (nSPS) is 24.6. The predicted molar refractivity (Wildman–Crippen MR) is 45.9 cm³/mol. The van der Waals surface area contributed by atoms with Crippen LogP contribution in [0.3, 0.4) is 0 Å². The molecule has 0 heterocycles. The lowest BCUT2D eigenvalue weighted by molar-refractivity contribution is 0.449. The van der Waals surface area contributed by atoms with Crippen molar-refractivity contribution in [3.8, 4) is 0 Å². The average molecular weight is 136 g/mol. The number of rotatable bonds is 3. The summed E-state index contributed by atoms with van der Waals surface area (Å²) in [5, 5.41) is 0. The van der Waals surface area contributed by atoms with Crippen LogP contribution >= 0.6 is 0 Å². The lowest BCUT2D eigenvalue weighted by atomic mass is 9.90. The molecule has 0 spiro atoms. The maximum absolute atomic E-state index is 3.73. The Hall–Kier alpha value is -0.520. The SMILES string of the molecule is C=CCC[C@H]1CC=CCC1. The van der Waals surface area contributed by atoms with Gasteiger partial charge in [-0.1, -0.05) is 18.2 Å². The van der Waals surface area contributed by atoms with Crippen LogP contribution in [0.1, 0.15) is 32.1 Å². The Kier molecular flexibility index (Phi) is 3.28. The molecule has 0 heteroatoms. The van der Waals surface area contributed by atoms with Crippen LogP contribution in [0.4, 0.5) is 0 Å². The Bertz CT molecular complexity index is 122. The molecule has 0 unspecified atom stereocenters. The smallest absolute Gasteiger partial charge is 0.0322 e. The zero-order valence-electron chi connectivity index (χ0n) is 6.55. The summed E-state index contributed by atoms with van der Waals surface area (Å²) < 4.78 is 0. The maximum Gasteiger partial charge on any atom is -0.0322 e. The minimum absolute atomic E-state index is 0.947. The molecule has 0 nitrogen and oxygen atoms in total. The first kappa shape index (κ1) is 7.59. The quantitative estimate of drug-likeness (QED) is 0.522. The molecule has 10 heavy (non-hydrogen) atoms. The first-order valence-corrected chi connectivity index (χ1v) is 4.19. The van der Waals surface area contributed by atoms with Gasteiger partial charge in [-0.05, 0) is 38.0 Å². The molecule has 1 rings (SSSR count). The molecule has 0 N–H and O–H groups in total. The van der Waals surface area contributed by atoms with Crippen LogP contribution in [0.5, 0.6) is 0 Å². The summed E-state index contributed by atoms with van der Waals surface area (Å²) in [5.74, 6) is 0.947. The highest BCUT2D eigenvalue weighted by molar-refractivity contribution is 4.90. The van der Waals surface area contributed by atoms with Gasteiger partial charge in [0.15, 0.2) is 0 Å². The van der Waals surface area contributed by atoms with E-state index >= 15 is 0 Å². The fraction of sp³-hybridized carbons (Fsp3) is 0.600. The van der Waals surface area contributed by atoms with E-state index in [4.69, 9.17) is 0 Å². The van der Waals surface area contributed by atoms with Crippen molar-refractivity contribution in [3.05, 3.63) is 24.8 Å². The lowest BCUT2D eigenvalue weighted by Gasteiger charge is -2.15. The molecule has 0 saturated carbocycles. The molecule has 1 atom stereocenters. The third-order valence-corrected chi connectivity index (χ3v) is 2.16. The van der Waals surface area contributed by atoms with Crippen LogP contribution < -0.4 is 0 Å². The van der Waals surface area contributed by atoms with Crippen molar-refractivity contribution in [2.45, 2.75) is 32.1 Å². The van der Waals surface area contributed by atoms with E-state index in [1.54, 1.807) is 0 Å². The Morgan fingerprint density at radius 1 is 1.50 bits per heavy atom. The van der Waals surface area contributed by atoms with Gasteiger partial charge in [0.1, 0.15) is 0 Å². The summed E-state index contributed by atoms with van der Waals surface area (Å²) in [6, 6.07) is 0. The van der Waals surface area contributed by atoms with Crippen molar-refractivity contribution >= 4 is 0 Å². The summed E-state index contributed by atoms with van der Waals surface area (Å²) in [4.78, 5) is 0. The van der Waals surface area contributed by atoms with E-state index in [0.717, 1.165) is 5.92 Å². The second-order valence-corrected chi connectivity index (χ2v) is 3.02. The Morgan fingerprint density at radius 2 is 2.40 bits per heavy atom. The van der Waals surface area contributed by atoms with Crippen LogP contribution in [0, 0.1) is 5.92 Å². The molecule has 0 fully saturated rings. The lowest BCUT2D eigenvalue weighted by Crippen LogP contribution is -2.01. The van der Waals surface area contributed by atoms with Gasteiger partial charge in [-0.3, -0.25) is 0 Å². The molecular weight excluding hydrogens is 120 g/mol. The standard InChI is InChI=1S/C10H16/c1-2-3-7-10-8-5-4-6-9-10/h2,4-5,10H,1,3,6-9H2/t10-/m0/s1. The number of hydrogen-bond acceptors (Lipinski definition) is 0. The molecule has 0 saturated heterocycles. The molecule has 0 aliphatic heterocycles. The zero-order valence-corrected chi connectivity index (χ0v) is 6.55. The van der Waals surface area contributed by atoms with Gasteiger partial charge in [-0.25, -0.2) is 0 Å². The zero-order chi connectivity index (χ0) is 7.23. The highest BCUT2D eigenvalue weighted by Crippen LogP contribution is 2.22. The third-order valence-electron chi connectivity index (χ3n) is 2.16. The molecule has 0 amide bonds. The first-order chi connectivity index (χ1) is 4.93. The van der Waals surface area contributed by atoms with Gasteiger partial charge in [0.25, 0.3) is 0 Å². The summed E-state index contributed by atoms with van der Waals surface area (Å²) >= 11 is 0. The average Bonchev–Trinajstić information content (AvgIpc) is 2.03. The van der Waals surface area contributed by atoms with Gasteiger partial charge < -0.3 is 0 Å². The van der Waals surface area contributed by atoms with Crippen LogP contribution in [-0.2, 0) is 0 Å². The van der Waals surface area contributed by atoms with Crippen LogP contribution in [0.15, 0.2) is 24.8 Å². The third kappa shape index (κ3) is 2.38. The van der Waals surface area contributed by atoms with Crippen LogP contribution in [0.2, 0.25) is 0 Å². The molecule has 0 bridgehead atoms. The molecule has 1 aliphatic rings. The molecule has 1 aliphatic carbocycles. The van der Waals surface area contributed by atoms with E-state index in [-0.39, 0.29) is 0 Å². The topological polar surface area (TPSA) is 0 Å². The Morgan fingerprint density at radius 3 is 3.00 bits per heavy atom. The van der Waals surface area contributed by atoms with Crippen molar-refractivity contribution in [2.75, 3.05) is 0 Å². The summed E-state index contributed by atoms with van der Waals surface area (Å²) in [7, 11) is 0. The van der Waals surface area contributed by atoms with E-state index in [0.29, 0.717) is 0 Å². The molecule has 0 aromatic carbocycles. The van der Waals surface area contributed by atoms with Gasteiger partial charge in [-0.15, -0.1) is 6.58 Å². The monoisotopic (exact) mass is 136 g/mol. The van der Waals surface area contributed by atoms with Crippen LogP contribution in [-0.4, -0.2) is 0 Å². The van der Waals surface area contributed by atoms with Gasteiger partial charge >= 0.3 is 0 Å². The van der Waals surface area contributed by atoms with E-state index < -0.39 is 0 Å². The van der Waals surface area contributed by atoms with Gasteiger partial charge in [0.05, 0.1) is 0 Å². The predicted octanol–water partition coefficient (Wildman–Crippen LogP) is 3.31. The van der Waals surface area contributed by atoms with Crippen LogP contribution in [0.25, 0.3) is 0 Å². The fourth-order valence-electron chi connectivity index (χ4n) is 1.47. The van der Waals surface area contributed by atoms with Crippen molar-refractivity contribution in [1.82, 2.24) is 0 Å². The molecular formula is C10H16. The maximum atomic E-state index is 3.73. The van der Waals surface area contributed by atoms with Gasteiger partial charge in [-0.2, -0.15) is 0 Å². The molecule has 0 radical (unpaired) electrons. The largest absolute Gasteiger partial charge is 0.103 e. The van der Waals surface area contributed by atoms with E-state index in [1.807, 2.05) is 6.08 Å². The highest BCUT2D eigenvalue weighted by Gasteiger charge is 2.07. The van der Waals surface area contributed by atoms with Gasteiger partial charge in [0, 0.05) is 0 Å². The fourth-order valence-corrected chi connectivity index (χ4v) is 1.47. The summed E-state index contributed by atoms with van der Waals surface area (Å²) in [5.41, 5.74) is 0. The number of hydrogen-bond donors (Lipinski definition) is 0. The first-order valence-electron chi connectivity index (χ1n) is 4.19. The summed E-state index contributed by atoms with van der Waals surface area (Å²) in [6.07, 6.45) is 13.2. The molecule has 0 aromatic heterocycles. The van der Waals surface area contributed by atoms with Crippen molar-refractivity contribution in [1.29, 1.82) is 0 Å². The van der Waals surface area contributed by atoms with E-state index in [2.05, 4.69) is 18.7 Å². The van der Waals surface area contributed by atoms with Crippen molar-refractivity contribution in [2.24, 2.45) is 5.92 Å². The van der Waals surface area contributed by atoms with E-state index in [1.165, 1.54) is 32.1 Å². The van der Waals surface area contributed by atoms with Crippen molar-refractivity contribution < 1.29 is 0 Å². The number of allylic oxidation sites excluding steroid dienone is 3. The van der Waals surface area contributed by atoms with Gasteiger partial charge in [0.2, 0.25) is 0 Å². The van der Waals surface area contributed by atoms with E-state index in [9.17, 15) is 0 Å². The highest BCUT2D eigenvalue weighted by atomic mass is 14.1. The minimum atomic E-state index is 0.947. The second-order valence-electron chi connectivity index (χ2n) is 3.02. The minimum Gasteiger partial charge on any atom is -0.103 e. The molecule has 56 valence electrons.